The number of aryl methyl sites for hydroxylation is 1. The van der Waals surface area contributed by atoms with E-state index < -0.39 is 84.4 Å². The second-order valence-corrected chi connectivity index (χ2v) is 21.9. The van der Waals surface area contributed by atoms with Gasteiger partial charge in [-0.3, -0.25) is 23.7 Å². The predicted octanol–water partition coefficient (Wildman–Crippen LogP) is 4.99. The number of nitrogens with zero attached hydrogens (tertiary/aromatic N) is 2. The molecule has 0 spiro atoms. The molecule has 0 radical (unpaired) electrons. The van der Waals surface area contributed by atoms with Crippen LogP contribution in [0.2, 0.25) is 0 Å². The molecule has 5 aromatic rings. The number of aliphatic hydroxyl groups excluding tert-OH is 1. The fourth-order valence-electron chi connectivity index (χ4n) is 10.1. The van der Waals surface area contributed by atoms with Gasteiger partial charge in [0, 0.05) is 51.7 Å². The normalized spacial score (nSPS) is 17.2. The summed E-state index contributed by atoms with van der Waals surface area (Å²) in [5.41, 5.74) is 9.84. The monoisotopic (exact) mass is 1140 g/mol. The smallest absolute Gasteiger partial charge is 0.407 e. The van der Waals surface area contributed by atoms with Gasteiger partial charge in [-0.2, -0.15) is 0 Å². The molecule has 1 aliphatic carbocycles. The number of esters is 1. The van der Waals surface area contributed by atoms with E-state index in [9.17, 15) is 43.2 Å². The zero-order chi connectivity index (χ0) is 58.3. The number of ether oxygens (including phenoxy) is 3. The third-order valence-electron chi connectivity index (χ3n) is 14.4. The number of terminal acetylenes is 1. The average molecular weight is 1140 g/mol. The third-order valence-corrected chi connectivity index (χ3v) is 15.9. The van der Waals surface area contributed by atoms with Crippen molar-refractivity contribution in [2.24, 2.45) is 11.7 Å². The van der Waals surface area contributed by atoms with Crippen LogP contribution in [0.3, 0.4) is 0 Å². The SMILES string of the molecule is C#CP(=O)(Nc1ccc(C(=O)N[C@H](C(=O)N[C@@H](CCCNC(N)=O)C(=O)Nc2ccc(COC(=O)N[C@H]3CCc4c(C)c(F)cc5nc6c(c3c45)Cn3c-6cc4c(c3=O)COC(=O)[C@]4(O)CC)cc2)C(C)C)cc1)OCCOCCO. The van der Waals surface area contributed by atoms with Crippen LogP contribution < -0.4 is 43.0 Å². The minimum Gasteiger partial charge on any atom is -0.458 e. The maximum atomic E-state index is 15.5. The molecule has 23 nitrogen and oxygen atoms in total. The summed E-state index contributed by atoms with van der Waals surface area (Å²) in [6, 6.07) is 11.3. The number of fused-ring (bicyclic) bond motifs is 5. The number of nitrogens with two attached hydrogens (primary N) is 1. The van der Waals surface area contributed by atoms with Crippen molar-refractivity contribution in [3.05, 3.63) is 121 Å². The molecule has 25 heteroatoms. The molecule has 428 valence electrons. The van der Waals surface area contributed by atoms with E-state index in [-0.39, 0.29) is 94.4 Å². The van der Waals surface area contributed by atoms with Gasteiger partial charge in [0.05, 0.1) is 61.5 Å². The van der Waals surface area contributed by atoms with Crippen LogP contribution in [-0.2, 0) is 69.5 Å². The summed E-state index contributed by atoms with van der Waals surface area (Å²) in [7, 11) is -3.78. The lowest BCUT2D eigenvalue weighted by atomic mass is 9.81. The summed E-state index contributed by atoms with van der Waals surface area (Å²) < 4.78 is 51.3. The average Bonchev–Trinajstić information content (AvgIpc) is 3.82. The lowest BCUT2D eigenvalue weighted by Crippen LogP contribution is -2.54. The van der Waals surface area contributed by atoms with Crippen molar-refractivity contribution in [1.82, 2.24) is 30.8 Å². The number of pyridine rings is 2. The van der Waals surface area contributed by atoms with E-state index in [2.05, 4.69) is 37.3 Å². The highest BCUT2D eigenvalue weighted by Crippen LogP contribution is 2.47. The van der Waals surface area contributed by atoms with Crippen LogP contribution in [0, 0.1) is 30.7 Å². The zero-order valence-electron chi connectivity index (χ0n) is 44.9. The Bertz CT molecular complexity index is 3440. The highest BCUT2D eigenvalue weighted by atomic mass is 31.2. The van der Waals surface area contributed by atoms with Crippen LogP contribution in [0.25, 0.3) is 22.3 Å². The highest BCUT2D eigenvalue weighted by molar-refractivity contribution is 7.65. The number of aromatic nitrogens is 2. The third kappa shape index (κ3) is 12.9. The Morgan fingerprint density at radius 1 is 1.00 bits per heavy atom. The maximum Gasteiger partial charge on any atom is 0.407 e. The van der Waals surface area contributed by atoms with Gasteiger partial charge in [-0.15, -0.1) is 6.42 Å². The fourth-order valence-corrected chi connectivity index (χ4v) is 11.1. The fraction of sp³-hybridized carbons (Fsp3) is 0.393. The van der Waals surface area contributed by atoms with Gasteiger partial charge in [0.2, 0.25) is 11.8 Å². The van der Waals surface area contributed by atoms with E-state index in [4.69, 9.17) is 41.0 Å². The Labute approximate surface area is 464 Å². The number of aliphatic hydroxyl groups is 2. The van der Waals surface area contributed by atoms with Gasteiger partial charge >= 0.3 is 25.6 Å². The Hall–Kier alpha value is -8.20. The van der Waals surface area contributed by atoms with Crippen LogP contribution >= 0.6 is 7.52 Å². The molecule has 81 heavy (non-hydrogen) atoms. The number of amides is 6. The number of anilines is 2. The molecule has 0 saturated carbocycles. The van der Waals surface area contributed by atoms with Gasteiger partial charge in [-0.1, -0.05) is 32.9 Å². The van der Waals surface area contributed by atoms with Gasteiger partial charge in [-0.05, 0) is 110 Å². The van der Waals surface area contributed by atoms with E-state index in [1.54, 1.807) is 58.0 Å². The summed E-state index contributed by atoms with van der Waals surface area (Å²) in [4.78, 5) is 98.0. The number of nitrogens with one attached hydrogen (secondary N) is 6. The minimum atomic E-state index is -3.78. The van der Waals surface area contributed by atoms with E-state index in [0.29, 0.717) is 63.1 Å². The van der Waals surface area contributed by atoms with Gasteiger partial charge in [0.1, 0.15) is 31.1 Å². The van der Waals surface area contributed by atoms with E-state index >= 15 is 4.39 Å². The largest absolute Gasteiger partial charge is 0.458 e. The summed E-state index contributed by atoms with van der Waals surface area (Å²) in [6.45, 7) is 6.17. The lowest BCUT2D eigenvalue weighted by molar-refractivity contribution is -0.172. The highest BCUT2D eigenvalue weighted by Gasteiger charge is 2.46. The molecule has 3 aliphatic rings. The molecule has 3 aromatic carbocycles. The van der Waals surface area contributed by atoms with E-state index in [0.717, 1.165) is 5.56 Å². The van der Waals surface area contributed by atoms with Crippen molar-refractivity contribution in [3.63, 3.8) is 0 Å². The van der Waals surface area contributed by atoms with Crippen LogP contribution in [-0.4, -0.2) is 101 Å². The maximum absolute atomic E-state index is 15.5. The molecule has 0 saturated heterocycles. The first-order valence-corrected chi connectivity index (χ1v) is 27.9. The molecule has 2 aromatic heterocycles. The van der Waals surface area contributed by atoms with Gasteiger partial charge < -0.3 is 70.9 Å². The number of alkyl carbamates (subject to hydrolysis) is 1. The number of carbonyl (C=O) groups is 6. The van der Waals surface area contributed by atoms with Gasteiger partial charge in [-0.25, -0.2) is 23.8 Å². The molecule has 4 heterocycles. The first kappa shape index (κ1) is 58.9. The van der Waals surface area contributed by atoms with Crippen molar-refractivity contribution >= 4 is 65.6 Å². The van der Waals surface area contributed by atoms with Crippen molar-refractivity contribution in [2.75, 3.05) is 43.4 Å². The van der Waals surface area contributed by atoms with Crippen LogP contribution in [0.5, 0.6) is 0 Å². The Kier molecular flexibility index (Phi) is 18.2. The number of carbonyl (C=O) groups excluding carboxylic acids is 6. The number of primary amides is 1. The van der Waals surface area contributed by atoms with Crippen LogP contribution in [0.15, 0.2) is 65.5 Å². The number of benzene rings is 3. The quantitative estimate of drug-likeness (QED) is 0.0177. The summed E-state index contributed by atoms with van der Waals surface area (Å²) in [5, 5.41) is 37.2. The van der Waals surface area contributed by atoms with Crippen LogP contribution in [0.1, 0.15) is 102 Å². The summed E-state index contributed by atoms with van der Waals surface area (Å²) >= 11 is 0. The van der Waals surface area contributed by atoms with E-state index in [1.165, 1.54) is 34.9 Å². The van der Waals surface area contributed by atoms with Gasteiger partial charge in [0.25, 0.3) is 11.5 Å². The zero-order valence-corrected chi connectivity index (χ0v) is 45.8. The van der Waals surface area contributed by atoms with Crippen LogP contribution in [0.4, 0.5) is 25.4 Å². The molecule has 0 bridgehead atoms. The number of urea groups is 1. The first-order valence-electron chi connectivity index (χ1n) is 26.3. The molecule has 1 unspecified atom stereocenters. The minimum absolute atomic E-state index is 0.0441. The number of hydrogen-bond acceptors (Lipinski definition) is 15. The predicted molar refractivity (Wildman–Crippen MR) is 294 cm³/mol. The topological polar surface area (TPSA) is 330 Å². The van der Waals surface area contributed by atoms with Gasteiger partial charge in [0.15, 0.2) is 5.60 Å². The standard InChI is InChI=1S/C56H63FN9O14P/c1-6-56(75)39-25-44-48-37(27-66(44)52(71)38(39)29-78-53(56)72)46-41(19-18-36-31(5)40(57)26-43(61-48)45(36)46)63-55(74)79-28-32-10-14-34(15-11-32)60-50(69)42(9-8-20-59-54(58)73)62-51(70)47(30(3)4)64-49(68)33-12-16-35(17-13-33)65-81(76,7-2)80-24-23-77-22-21-67/h2,10-17,25-26,30,41-42,47,67,75H,6,8-9,18-24,27-29H2,1,3-5H3,(H,60,69)(H,62,70)(H,63,74)(H,64,68)(H,65,76)(H3,58,59,73)/t41-,42-,47-,56-,81?/m0/s1. The molecule has 8 rings (SSSR count). The molecule has 2 aliphatic heterocycles. The molecule has 10 N–H and O–H groups in total. The number of halogens is 1. The molecule has 5 atom stereocenters. The molecular weight excluding hydrogens is 1070 g/mol. The Balaban J connectivity index is 0.909. The van der Waals surface area contributed by atoms with Crippen molar-refractivity contribution in [3.8, 4) is 23.5 Å². The Morgan fingerprint density at radius 3 is 2.41 bits per heavy atom. The molecule has 0 fully saturated rings. The molecule has 6 amide bonds. The number of cyclic esters (lactones) is 1. The Morgan fingerprint density at radius 2 is 1.73 bits per heavy atom. The first-order chi connectivity index (χ1) is 38.7. The number of rotatable bonds is 23. The molecular formula is C56H63FN9O14P. The summed E-state index contributed by atoms with van der Waals surface area (Å²) in [5.74, 6) is -3.69. The lowest BCUT2D eigenvalue weighted by Gasteiger charge is -2.31. The van der Waals surface area contributed by atoms with Crippen molar-refractivity contribution in [2.45, 2.75) is 103 Å². The van der Waals surface area contributed by atoms with E-state index in [1.807, 2.05) is 0 Å². The second kappa shape index (κ2) is 25.1. The van der Waals surface area contributed by atoms with Crippen molar-refractivity contribution in [1.29, 1.82) is 0 Å². The number of hydrogen-bond donors (Lipinski definition) is 9. The summed E-state index contributed by atoms with van der Waals surface area (Å²) in [6.07, 6.45) is 5.69. The van der Waals surface area contributed by atoms with Crippen molar-refractivity contribution < 1.29 is 66.7 Å². The second-order valence-electron chi connectivity index (χ2n) is 20.0.